The quantitative estimate of drug-likeness (QED) is 0.593. The van der Waals surface area contributed by atoms with E-state index in [2.05, 4.69) is 22.3 Å². The van der Waals surface area contributed by atoms with Crippen LogP contribution < -0.4 is 10.2 Å². The van der Waals surface area contributed by atoms with Gasteiger partial charge in [0.15, 0.2) is 5.82 Å². The molecule has 2 aliphatic heterocycles. The summed E-state index contributed by atoms with van der Waals surface area (Å²) in [6.45, 7) is 2.31. The lowest BCUT2D eigenvalue weighted by Gasteiger charge is -2.42. The normalized spacial score (nSPS) is 23.1. The largest absolute Gasteiger partial charge is 0.611 e. The Bertz CT molecular complexity index is 978. The Kier molecular flexibility index (Phi) is 6.01. The maximum Gasteiger partial charge on any atom is 0.227 e. The van der Waals surface area contributed by atoms with Crippen LogP contribution in [0.2, 0.25) is 5.02 Å². The molecule has 1 atom stereocenters. The molecule has 7 nitrogen and oxygen atoms in total. The summed E-state index contributed by atoms with van der Waals surface area (Å²) in [5.74, 6) is 1.90. The first-order valence-corrected chi connectivity index (χ1v) is 12.9. The van der Waals surface area contributed by atoms with E-state index in [0.29, 0.717) is 30.5 Å². The third-order valence-corrected chi connectivity index (χ3v) is 8.81. The summed E-state index contributed by atoms with van der Waals surface area (Å²) in [6, 6.07) is 8.09. The van der Waals surface area contributed by atoms with Crippen molar-refractivity contribution in [2.24, 2.45) is 0 Å². The zero-order valence-electron chi connectivity index (χ0n) is 18.3. The fourth-order valence-corrected chi connectivity index (χ4v) is 6.30. The highest BCUT2D eigenvalue weighted by Crippen LogP contribution is 2.42. The minimum absolute atomic E-state index is 0.0537. The SMILES string of the molecule is COCC1(c2ccc(Cl)cc2)CCN(c2nc3c(c(NC4(CO)CC4)n2)[S+]([O-])CC3)CC1. The predicted octanol–water partition coefficient (Wildman–Crippen LogP) is 2.92. The molecule has 2 fully saturated rings. The van der Waals surface area contributed by atoms with Crippen molar-refractivity contribution >= 4 is 34.5 Å². The van der Waals surface area contributed by atoms with Crippen LogP contribution in [0.5, 0.6) is 0 Å². The number of nitrogens with one attached hydrogen (secondary N) is 1. The lowest BCUT2D eigenvalue weighted by molar-refractivity contribution is 0.112. The van der Waals surface area contributed by atoms with Crippen molar-refractivity contribution in [2.45, 2.75) is 48.0 Å². The van der Waals surface area contributed by atoms with Crippen LogP contribution >= 0.6 is 11.6 Å². The Hall–Kier alpha value is -1.58. The lowest BCUT2D eigenvalue weighted by Crippen LogP contribution is -2.46. The minimum atomic E-state index is -1.09. The molecule has 2 aromatic rings. The molecule has 0 amide bonds. The van der Waals surface area contributed by atoms with E-state index < -0.39 is 11.2 Å². The van der Waals surface area contributed by atoms with Gasteiger partial charge in [-0.2, -0.15) is 4.98 Å². The monoisotopic (exact) mass is 476 g/mol. The molecule has 3 aliphatic rings. The molecular weight excluding hydrogens is 448 g/mol. The van der Waals surface area contributed by atoms with Crippen molar-refractivity contribution in [3.8, 4) is 0 Å². The van der Waals surface area contributed by atoms with E-state index in [1.54, 1.807) is 7.11 Å². The predicted molar refractivity (Wildman–Crippen MR) is 126 cm³/mol. The van der Waals surface area contributed by atoms with Crippen LogP contribution in [-0.4, -0.2) is 64.3 Å². The van der Waals surface area contributed by atoms with Crippen molar-refractivity contribution in [2.75, 3.05) is 49.4 Å². The van der Waals surface area contributed by atoms with Gasteiger partial charge in [-0.05, 0) is 54.6 Å². The molecule has 172 valence electrons. The minimum Gasteiger partial charge on any atom is -0.611 e. The van der Waals surface area contributed by atoms with Gasteiger partial charge >= 0.3 is 0 Å². The average molecular weight is 477 g/mol. The van der Waals surface area contributed by atoms with Crippen LogP contribution in [0.15, 0.2) is 29.2 Å². The number of aliphatic hydroxyl groups is 1. The van der Waals surface area contributed by atoms with Gasteiger partial charge in [0, 0.05) is 37.1 Å². The smallest absolute Gasteiger partial charge is 0.227 e. The third-order valence-electron chi connectivity index (χ3n) is 7.10. The number of aryl methyl sites for hydroxylation is 1. The highest BCUT2D eigenvalue weighted by Gasteiger charge is 2.45. The van der Waals surface area contributed by atoms with Gasteiger partial charge in [0.1, 0.15) is 11.4 Å². The molecule has 9 heteroatoms. The van der Waals surface area contributed by atoms with E-state index in [1.807, 2.05) is 12.1 Å². The molecule has 0 bridgehead atoms. The number of nitrogens with zero attached hydrogens (tertiary/aromatic N) is 3. The second-order valence-corrected chi connectivity index (χ2v) is 11.2. The second-order valence-electron chi connectivity index (χ2n) is 9.22. The van der Waals surface area contributed by atoms with Crippen molar-refractivity contribution in [3.05, 3.63) is 40.5 Å². The van der Waals surface area contributed by atoms with Crippen molar-refractivity contribution in [3.63, 3.8) is 0 Å². The Morgan fingerprint density at radius 1 is 1.19 bits per heavy atom. The molecule has 0 radical (unpaired) electrons. The average Bonchev–Trinajstić information content (AvgIpc) is 3.48. The molecule has 1 saturated heterocycles. The molecule has 32 heavy (non-hydrogen) atoms. The van der Waals surface area contributed by atoms with E-state index in [9.17, 15) is 9.66 Å². The number of hydrogen-bond donors (Lipinski definition) is 2. The zero-order chi connectivity index (χ0) is 22.3. The molecule has 1 aromatic carbocycles. The number of aliphatic hydroxyl groups excluding tert-OH is 1. The molecule has 1 unspecified atom stereocenters. The number of rotatable bonds is 7. The number of methoxy groups -OCH3 is 1. The number of halogens is 1. The van der Waals surface area contributed by atoms with E-state index in [4.69, 9.17) is 26.3 Å². The van der Waals surface area contributed by atoms with Crippen LogP contribution in [-0.2, 0) is 27.7 Å². The molecule has 1 aliphatic carbocycles. The van der Waals surface area contributed by atoms with Crippen LogP contribution in [0.3, 0.4) is 0 Å². The van der Waals surface area contributed by atoms with Gasteiger partial charge in [0.05, 0.1) is 18.8 Å². The second kappa shape index (κ2) is 8.65. The van der Waals surface area contributed by atoms with Gasteiger partial charge in [0.2, 0.25) is 10.8 Å². The lowest BCUT2D eigenvalue weighted by atomic mass is 9.73. The van der Waals surface area contributed by atoms with Gasteiger partial charge in [-0.3, -0.25) is 0 Å². The third kappa shape index (κ3) is 4.07. The van der Waals surface area contributed by atoms with Crippen molar-refractivity contribution in [1.82, 2.24) is 9.97 Å². The van der Waals surface area contributed by atoms with E-state index >= 15 is 0 Å². The molecule has 0 spiro atoms. The summed E-state index contributed by atoms with van der Waals surface area (Å²) >= 11 is 5.02. The Morgan fingerprint density at radius 3 is 2.53 bits per heavy atom. The van der Waals surface area contributed by atoms with Gasteiger partial charge < -0.3 is 24.6 Å². The summed E-state index contributed by atoms with van der Waals surface area (Å²) in [6.07, 6.45) is 4.32. The molecule has 3 heterocycles. The number of anilines is 2. The van der Waals surface area contributed by atoms with Crippen LogP contribution in [0.25, 0.3) is 0 Å². The maximum absolute atomic E-state index is 12.6. The number of ether oxygens (including phenoxy) is 1. The van der Waals surface area contributed by atoms with E-state index in [0.717, 1.165) is 54.4 Å². The van der Waals surface area contributed by atoms with Crippen molar-refractivity contribution in [1.29, 1.82) is 0 Å². The first kappa shape index (κ1) is 22.2. The zero-order valence-corrected chi connectivity index (χ0v) is 19.8. The number of piperidine rings is 1. The summed E-state index contributed by atoms with van der Waals surface area (Å²) in [5, 5.41) is 13.9. The first-order chi connectivity index (χ1) is 15.5. The summed E-state index contributed by atoms with van der Waals surface area (Å²) in [4.78, 5) is 12.6. The van der Waals surface area contributed by atoms with Gasteiger partial charge in [-0.1, -0.05) is 23.7 Å². The first-order valence-electron chi connectivity index (χ1n) is 11.2. The van der Waals surface area contributed by atoms with E-state index in [1.165, 1.54) is 5.56 Å². The topological polar surface area (TPSA) is 93.6 Å². The molecular formula is C23H29ClN4O3S. The molecule has 1 aromatic heterocycles. The fraction of sp³-hybridized carbons (Fsp3) is 0.565. The number of aromatic nitrogens is 2. The highest BCUT2D eigenvalue weighted by molar-refractivity contribution is 7.91. The Balaban J connectivity index is 1.40. The number of benzene rings is 1. The van der Waals surface area contributed by atoms with Gasteiger partial charge in [0.25, 0.3) is 0 Å². The Morgan fingerprint density at radius 2 is 1.91 bits per heavy atom. The summed E-state index contributed by atoms with van der Waals surface area (Å²) in [5.41, 5.74) is 1.73. The maximum atomic E-state index is 12.6. The van der Waals surface area contributed by atoms with Gasteiger partial charge in [-0.15, -0.1) is 0 Å². The molecule has 5 rings (SSSR count). The standard InChI is InChI=1S/C23H29ClN4O3S/c1-31-15-22(16-2-4-17(24)5-3-16)9-11-28(12-10-22)21-25-18-6-13-32(30)19(18)20(26-21)27-23(14-29)7-8-23/h2-5,29H,6-15H2,1H3,(H,25,26,27). The molecule has 1 saturated carbocycles. The molecule has 2 N–H and O–H groups in total. The van der Waals surface area contributed by atoms with Crippen LogP contribution in [0.4, 0.5) is 11.8 Å². The Labute approximate surface area is 196 Å². The van der Waals surface area contributed by atoms with E-state index in [-0.39, 0.29) is 17.6 Å². The highest BCUT2D eigenvalue weighted by atomic mass is 35.5. The number of hydrogen-bond acceptors (Lipinski definition) is 7. The van der Waals surface area contributed by atoms with Crippen molar-refractivity contribution < 1.29 is 14.4 Å². The fourth-order valence-electron chi connectivity index (χ4n) is 4.87. The number of fused-ring (bicyclic) bond motifs is 1. The summed E-state index contributed by atoms with van der Waals surface area (Å²) < 4.78 is 18.2. The van der Waals surface area contributed by atoms with Crippen LogP contribution in [0, 0.1) is 0 Å². The summed E-state index contributed by atoms with van der Waals surface area (Å²) in [7, 11) is 1.75. The van der Waals surface area contributed by atoms with Gasteiger partial charge in [-0.25, -0.2) is 4.98 Å². The van der Waals surface area contributed by atoms with Crippen LogP contribution in [0.1, 0.15) is 36.9 Å².